The van der Waals surface area contributed by atoms with Crippen molar-refractivity contribution in [2.75, 3.05) is 13.1 Å². The van der Waals surface area contributed by atoms with E-state index < -0.39 is 16.4 Å². The summed E-state index contributed by atoms with van der Waals surface area (Å²) in [7, 11) is 0. The summed E-state index contributed by atoms with van der Waals surface area (Å²) in [6.45, 7) is 2.25. The van der Waals surface area contributed by atoms with Crippen molar-refractivity contribution in [2.45, 2.75) is 18.9 Å². The fraction of sp³-hybridized carbons (Fsp3) is 0.417. The number of nitro groups is 1. The number of rotatable bonds is 2. The Morgan fingerprint density at radius 3 is 2.79 bits per heavy atom. The Morgan fingerprint density at radius 2 is 2.26 bits per heavy atom. The van der Waals surface area contributed by atoms with Gasteiger partial charge in [0.25, 0.3) is 11.6 Å². The van der Waals surface area contributed by atoms with Gasteiger partial charge in [-0.3, -0.25) is 14.9 Å². The van der Waals surface area contributed by atoms with Crippen LogP contribution in [0, 0.1) is 10.1 Å². The smallest absolute Gasteiger partial charge is 0.270 e. The lowest BCUT2D eigenvalue weighted by atomic mass is 10.1. The third-order valence-corrected chi connectivity index (χ3v) is 3.46. The molecule has 1 unspecified atom stereocenters. The summed E-state index contributed by atoms with van der Waals surface area (Å²) in [5.74, 6) is -0.397. The normalized spacial score (nSPS) is 22.6. The average Bonchev–Trinajstić information content (AvgIpc) is 2.69. The molecule has 0 aromatic heterocycles. The fourth-order valence-electron chi connectivity index (χ4n) is 2.08. The molecule has 102 valence electrons. The van der Waals surface area contributed by atoms with E-state index in [1.54, 1.807) is 6.92 Å². The van der Waals surface area contributed by atoms with Crippen molar-refractivity contribution in [2.24, 2.45) is 0 Å². The molecule has 0 bridgehead atoms. The van der Waals surface area contributed by atoms with E-state index in [2.05, 4.69) is 0 Å². The van der Waals surface area contributed by atoms with E-state index in [0.717, 1.165) is 6.07 Å². The SMILES string of the molecule is CC1(O)CCN(C(=O)c2cc([N+](=O)[O-])ccc2Cl)C1. The van der Waals surface area contributed by atoms with Crippen molar-refractivity contribution in [3.8, 4) is 0 Å². The number of benzene rings is 1. The van der Waals surface area contributed by atoms with Crippen LogP contribution in [-0.4, -0.2) is 39.5 Å². The quantitative estimate of drug-likeness (QED) is 0.663. The molecule has 1 aromatic carbocycles. The third-order valence-electron chi connectivity index (χ3n) is 3.13. The molecule has 19 heavy (non-hydrogen) atoms. The summed E-state index contributed by atoms with van der Waals surface area (Å²) in [5.41, 5.74) is -1.00. The number of hydrogen-bond donors (Lipinski definition) is 1. The Morgan fingerprint density at radius 1 is 1.58 bits per heavy atom. The Balaban J connectivity index is 2.29. The largest absolute Gasteiger partial charge is 0.388 e. The number of non-ortho nitro benzene ring substituents is 1. The molecule has 6 nitrogen and oxygen atoms in total. The van der Waals surface area contributed by atoms with E-state index in [1.165, 1.54) is 17.0 Å². The lowest BCUT2D eigenvalue weighted by Crippen LogP contribution is -2.34. The maximum Gasteiger partial charge on any atom is 0.270 e. The van der Waals surface area contributed by atoms with Crippen molar-refractivity contribution in [3.05, 3.63) is 38.9 Å². The van der Waals surface area contributed by atoms with Crippen LogP contribution in [0.4, 0.5) is 5.69 Å². The summed E-state index contributed by atoms with van der Waals surface area (Å²) in [6.07, 6.45) is 0.477. The molecule has 0 spiro atoms. The summed E-state index contributed by atoms with van der Waals surface area (Å²) in [6, 6.07) is 3.75. The van der Waals surface area contributed by atoms with E-state index in [0.29, 0.717) is 13.0 Å². The zero-order valence-electron chi connectivity index (χ0n) is 10.3. The van der Waals surface area contributed by atoms with Crippen molar-refractivity contribution in [1.29, 1.82) is 0 Å². The number of carbonyl (C=O) groups excluding carboxylic acids is 1. The van der Waals surface area contributed by atoms with Crippen LogP contribution in [0.3, 0.4) is 0 Å². The Hall–Kier alpha value is -1.66. The molecule has 1 aliphatic heterocycles. The second-order valence-corrected chi connectivity index (χ2v) is 5.30. The average molecular weight is 285 g/mol. The van der Waals surface area contributed by atoms with Crippen LogP contribution in [0.15, 0.2) is 18.2 Å². The van der Waals surface area contributed by atoms with E-state index in [1.807, 2.05) is 0 Å². The molecular weight excluding hydrogens is 272 g/mol. The molecule has 1 aliphatic rings. The molecule has 2 rings (SSSR count). The van der Waals surface area contributed by atoms with Crippen LogP contribution >= 0.6 is 11.6 Å². The first-order valence-electron chi connectivity index (χ1n) is 5.76. The molecule has 1 aromatic rings. The van der Waals surface area contributed by atoms with E-state index in [4.69, 9.17) is 11.6 Å². The van der Waals surface area contributed by atoms with E-state index in [9.17, 15) is 20.0 Å². The highest BCUT2D eigenvalue weighted by Crippen LogP contribution is 2.27. The Labute approximate surface area is 114 Å². The van der Waals surface area contributed by atoms with Gasteiger partial charge < -0.3 is 10.0 Å². The van der Waals surface area contributed by atoms with Gasteiger partial charge in [-0.1, -0.05) is 11.6 Å². The van der Waals surface area contributed by atoms with Crippen LogP contribution in [0.2, 0.25) is 5.02 Å². The molecule has 1 heterocycles. The topological polar surface area (TPSA) is 83.7 Å². The lowest BCUT2D eigenvalue weighted by Gasteiger charge is -2.19. The van der Waals surface area contributed by atoms with E-state index >= 15 is 0 Å². The number of aliphatic hydroxyl groups is 1. The van der Waals surface area contributed by atoms with Gasteiger partial charge in [0, 0.05) is 25.2 Å². The first-order chi connectivity index (χ1) is 8.80. The summed E-state index contributed by atoms with van der Waals surface area (Å²) < 4.78 is 0. The molecule has 1 atom stereocenters. The van der Waals surface area contributed by atoms with Crippen LogP contribution in [-0.2, 0) is 0 Å². The van der Waals surface area contributed by atoms with Gasteiger partial charge in [0.05, 0.1) is 21.1 Å². The van der Waals surface area contributed by atoms with Gasteiger partial charge >= 0.3 is 0 Å². The lowest BCUT2D eigenvalue weighted by molar-refractivity contribution is -0.384. The number of nitro benzene ring substituents is 1. The second kappa shape index (κ2) is 4.79. The van der Waals surface area contributed by atoms with Gasteiger partial charge in [0.15, 0.2) is 0 Å². The summed E-state index contributed by atoms with van der Waals surface area (Å²) >= 11 is 5.91. The molecule has 0 saturated carbocycles. The molecule has 1 saturated heterocycles. The highest BCUT2D eigenvalue weighted by Gasteiger charge is 2.35. The highest BCUT2D eigenvalue weighted by molar-refractivity contribution is 6.33. The van der Waals surface area contributed by atoms with Crippen LogP contribution < -0.4 is 0 Å². The number of amides is 1. The molecule has 1 N–H and O–H groups in total. The fourth-order valence-corrected chi connectivity index (χ4v) is 2.28. The molecular formula is C12H13ClN2O4. The van der Waals surface area contributed by atoms with Crippen molar-refractivity contribution in [3.63, 3.8) is 0 Å². The zero-order chi connectivity index (χ0) is 14.2. The van der Waals surface area contributed by atoms with Crippen molar-refractivity contribution in [1.82, 2.24) is 4.90 Å². The number of carbonyl (C=O) groups is 1. The predicted octanol–water partition coefficient (Wildman–Crippen LogP) is 1.85. The minimum atomic E-state index is -0.914. The van der Waals surface area contributed by atoms with Crippen molar-refractivity contribution < 1.29 is 14.8 Å². The van der Waals surface area contributed by atoms with Gasteiger partial charge in [-0.15, -0.1) is 0 Å². The number of nitrogens with zero attached hydrogens (tertiary/aromatic N) is 2. The summed E-state index contributed by atoms with van der Waals surface area (Å²) in [4.78, 5) is 23.8. The number of hydrogen-bond acceptors (Lipinski definition) is 4. The van der Waals surface area contributed by atoms with Gasteiger partial charge in [0.2, 0.25) is 0 Å². The van der Waals surface area contributed by atoms with Gasteiger partial charge in [-0.05, 0) is 19.4 Å². The monoisotopic (exact) mass is 284 g/mol. The Kier molecular flexibility index (Phi) is 3.47. The molecule has 7 heteroatoms. The van der Waals surface area contributed by atoms with Crippen LogP contribution in [0.5, 0.6) is 0 Å². The molecule has 1 fully saturated rings. The molecule has 0 aliphatic carbocycles. The minimum absolute atomic E-state index is 0.0913. The van der Waals surface area contributed by atoms with Gasteiger partial charge in [0.1, 0.15) is 0 Å². The maximum atomic E-state index is 12.2. The van der Waals surface area contributed by atoms with E-state index in [-0.39, 0.29) is 22.8 Å². The van der Waals surface area contributed by atoms with Crippen LogP contribution in [0.1, 0.15) is 23.7 Å². The van der Waals surface area contributed by atoms with Crippen molar-refractivity contribution >= 4 is 23.2 Å². The zero-order valence-corrected chi connectivity index (χ0v) is 11.1. The maximum absolute atomic E-state index is 12.2. The molecule has 0 radical (unpaired) electrons. The number of halogens is 1. The third kappa shape index (κ3) is 2.85. The number of β-amino-alcohol motifs (C(OH)–C–C–N with tert-alkyl or cyclic N) is 1. The summed E-state index contributed by atoms with van der Waals surface area (Å²) in [5, 5.41) is 20.7. The highest BCUT2D eigenvalue weighted by atomic mass is 35.5. The predicted molar refractivity (Wildman–Crippen MR) is 69.3 cm³/mol. The molecule has 1 amide bonds. The first kappa shape index (κ1) is 13.8. The van der Waals surface area contributed by atoms with Gasteiger partial charge in [-0.2, -0.15) is 0 Å². The standard InChI is InChI=1S/C12H13ClN2O4/c1-12(17)4-5-14(7-12)11(16)9-6-8(15(18)19)2-3-10(9)13/h2-3,6,17H,4-5,7H2,1H3. The van der Waals surface area contributed by atoms with Crippen LogP contribution in [0.25, 0.3) is 0 Å². The minimum Gasteiger partial charge on any atom is -0.388 e. The van der Waals surface area contributed by atoms with Gasteiger partial charge in [-0.25, -0.2) is 0 Å². The first-order valence-corrected chi connectivity index (χ1v) is 6.13. The Bertz CT molecular complexity index is 545. The second-order valence-electron chi connectivity index (χ2n) is 4.89. The number of likely N-dealkylation sites (tertiary alicyclic amines) is 1.